The van der Waals surface area contributed by atoms with Gasteiger partial charge in [-0.2, -0.15) is 0 Å². The van der Waals surface area contributed by atoms with Crippen molar-refractivity contribution in [3.63, 3.8) is 0 Å². The highest BCUT2D eigenvalue weighted by atomic mass is 16.5. The molecule has 0 heterocycles. The van der Waals surface area contributed by atoms with Crippen LogP contribution in [0.15, 0.2) is 18.2 Å². The van der Waals surface area contributed by atoms with Gasteiger partial charge in [0.1, 0.15) is 5.75 Å². The molecular weight excluding hydrogens is 180 g/mol. The van der Waals surface area contributed by atoms with E-state index in [0.29, 0.717) is 12.2 Å². The number of benzene rings is 1. The minimum Gasteiger partial charge on any atom is -0.496 e. The third kappa shape index (κ3) is 2.47. The fourth-order valence-corrected chi connectivity index (χ4v) is 1.39. The van der Waals surface area contributed by atoms with Crippen LogP contribution in [-0.2, 0) is 6.42 Å². The van der Waals surface area contributed by atoms with Crippen LogP contribution in [-0.4, -0.2) is 23.9 Å². The molecule has 1 aromatic rings. The van der Waals surface area contributed by atoms with Crippen LogP contribution in [0, 0.1) is 0 Å². The molecule has 1 unspecified atom stereocenters. The lowest BCUT2D eigenvalue weighted by Gasteiger charge is -2.12. The van der Waals surface area contributed by atoms with Crippen molar-refractivity contribution in [2.75, 3.05) is 13.7 Å². The van der Waals surface area contributed by atoms with Gasteiger partial charge in [0.15, 0.2) is 0 Å². The average molecular weight is 196 g/mol. The third-order valence-electron chi connectivity index (χ3n) is 2.14. The first-order valence-electron chi connectivity index (χ1n) is 4.64. The quantitative estimate of drug-likeness (QED) is 0.762. The van der Waals surface area contributed by atoms with Gasteiger partial charge in [0.2, 0.25) is 0 Å². The minimum atomic E-state index is -0.552. The van der Waals surface area contributed by atoms with Crippen LogP contribution in [0.3, 0.4) is 0 Å². The SMILES string of the molecule is COc1ccc(CCO)cc1C(C)O. The molecule has 0 saturated carbocycles. The highest BCUT2D eigenvalue weighted by Gasteiger charge is 2.08. The zero-order valence-corrected chi connectivity index (χ0v) is 8.53. The summed E-state index contributed by atoms with van der Waals surface area (Å²) in [5, 5.41) is 18.3. The predicted octanol–water partition coefficient (Wildman–Crippen LogP) is 1.28. The Labute approximate surface area is 84.0 Å². The molecule has 78 valence electrons. The van der Waals surface area contributed by atoms with Gasteiger partial charge in [-0.15, -0.1) is 0 Å². The Kier molecular flexibility index (Phi) is 3.92. The molecule has 0 aliphatic carbocycles. The summed E-state index contributed by atoms with van der Waals surface area (Å²) in [6.07, 6.45) is 0.0487. The van der Waals surface area contributed by atoms with Crippen molar-refractivity contribution >= 4 is 0 Å². The monoisotopic (exact) mass is 196 g/mol. The van der Waals surface area contributed by atoms with E-state index in [-0.39, 0.29) is 6.61 Å². The summed E-state index contributed by atoms with van der Waals surface area (Å²) < 4.78 is 5.12. The molecular formula is C11H16O3. The number of hydrogen-bond donors (Lipinski definition) is 2. The molecule has 14 heavy (non-hydrogen) atoms. The maximum absolute atomic E-state index is 9.49. The highest BCUT2D eigenvalue weighted by molar-refractivity contribution is 5.38. The lowest BCUT2D eigenvalue weighted by molar-refractivity contribution is 0.194. The van der Waals surface area contributed by atoms with Gasteiger partial charge >= 0.3 is 0 Å². The molecule has 0 aliphatic heterocycles. The van der Waals surface area contributed by atoms with Crippen LogP contribution in [0.1, 0.15) is 24.2 Å². The van der Waals surface area contributed by atoms with E-state index in [2.05, 4.69) is 0 Å². The summed E-state index contributed by atoms with van der Waals surface area (Å²) in [5.74, 6) is 0.682. The van der Waals surface area contributed by atoms with Crippen molar-refractivity contribution in [1.82, 2.24) is 0 Å². The van der Waals surface area contributed by atoms with E-state index in [1.807, 2.05) is 18.2 Å². The number of aliphatic hydroxyl groups is 2. The summed E-state index contributed by atoms with van der Waals surface area (Å²) in [6, 6.07) is 5.56. The molecule has 0 aliphatic rings. The van der Waals surface area contributed by atoms with Crippen LogP contribution in [0.2, 0.25) is 0 Å². The second-order valence-corrected chi connectivity index (χ2v) is 3.23. The van der Waals surface area contributed by atoms with Gasteiger partial charge in [0.05, 0.1) is 13.2 Å². The van der Waals surface area contributed by atoms with E-state index >= 15 is 0 Å². The Morgan fingerprint density at radius 2 is 2.14 bits per heavy atom. The van der Waals surface area contributed by atoms with Crippen LogP contribution < -0.4 is 4.74 Å². The third-order valence-corrected chi connectivity index (χ3v) is 2.14. The highest BCUT2D eigenvalue weighted by Crippen LogP contribution is 2.26. The number of methoxy groups -OCH3 is 1. The molecule has 3 nitrogen and oxygen atoms in total. The lowest BCUT2D eigenvalue weighted by atomic mass is 10.0. The fourth-order valence-electron chi connectivity index (χ4n) is 1.39. The van der Waals surface area contributed by atoms with Crippen molar-refractivity contribution in [2.24, 2.45) is 0 Å². The van der Waals surface area contributed by atoms with Gasteiger partial charge in [-0.1, -0.05) is 6.07 Å². The van der Waals surface area contributed by atoms with Gasteiger partial charge in [0, 0.05) is 12.2 Å². The first-order valence-corrected chi connectivity index (χ1v) is 4.64. The molecule has 1 rings (SSSR count). The Balaban J connectivity index is 3.01. The van der Waals surface area contributed by atoms with Gasteiger partial charge in [-0.3, -0.25) is 0 Å². The molecule has 0 bridgehead atoms. The maximum Gasteiger partial charge on any atom is 0.124 e. The Morgan fingerprint density at radius 3 is 2.64 bits per heavy atom. The number of hydrogen-bond acceptors (Lipinski definition) is 3. The summed E-state index contributed by atoms with van der Waals surface area (Å²) in [5.41, 5.74) is 1.77. The Bertz CT molecular complexity index is 295. The number of rotatable bonds is 4. The van der Waals surface area contributed by atoms with Crippen molar-refractivity contribution in [3.8, 4) is 5.75 Å². The first-order chi connectivity index (χ1) is 6.69. The van der Waals surface area contributed by atoms with Crippen LogP contribution in [0.5, 0.6) is 5.75 Å². The largest absolute Gasteiger partial charge is 0.496 e. The second kappa shape index (κ2) is 4.98. The van der Waals surface area contributed by atoms with Crippen molar-refractivity contribution in [2.45, 2.75) is 19.4 Å². The van der Waals surface area contributed by atoms with E-state index in [1.165, 1.54) is 0 Å². The van der Waals surface area contributed by atoms with E-state index in [0.717, 1.165) is 11.1 Å². The molecule has 0 aromatic heterocycles. The molecule has 1 aromatic carbocycles. The molecule has 1 atom stereocenters. The fraction of sp³-hybridized carbons (Fsp3) is 0.455. The van der Waals surface area contributed by atoms with E-state index in [1.54, 1.807) is 14.0 Å². The van der Waals surface area contributed by atoms with Crippen molar-refractivity contribution in [1.29, 1.82) is 0 Å². The van der Waals surface area contributed by atoms with Crippen LogP contribution in [0.4, 0.5) is 0 Å². The number of aliphatic hydroxyl groups excluding tert-OH is 2. The van der Waals surface area contributed by atoms with E-state index in [4.69, 9.17) is 9.84 Å². The van der Waals surface area contributed by atoms with E-state index < -0.39 is 6.10 Å². The van der Waals surface area contributed by atoms with Crippen molar-refractivity contribution < 1.29 is 14.9 Å². The summed E-state index contributed by atoms with van der Waals surface area (Å²) in [7, 11) is 1.58. The van der Waals surface area contributed by atoms with Gasteiger partial charge < -0.3 is 14.9 Å². The number of ether oxygens (including phenoxy) is 1. The van der Waals surface area contributed by atoms with E-state index in [9.17, 15) is 5.11 Å². The van der Waals surface area contributed by atoms with Crippen LogP contribution in [0.25, 0.3) is 0 Å². The average Bonchev–Trinajstić information content (AvgIpc) is 2.18. The Morgan fingerprint density at radius 1 is 1.43 bits per heavy atom. The standard InChI is InChI=1S/C11H16O3/c1-8(13)10-7-9(5-6-12)3-4-11(10)14-2/h3-4,7-8,12-13H,5-6H2,1-2H3. The van der Waals surface area contributed by atoms with Gasteiger partial charge in [-0.25, -0.2) is 0 Å². The smallest absolute Gasteiger partial charge is 0.124 e. The molecule has 0 saturated heterocycles. The van der Waals surface area contributed by atoms with Gasteiger partial charge in [0.25, 0.3) is 0 Å². The first kappa shape index (κ1) is 11.0. The topological polar surface area (TPSA) is 49.7 Å². The van der Waals surface area contributed by atoms with Crippen LogP contribution >= 0.6 is 0 Å². The summed E-state index contributed by atoms with van der Waals surface area (Å²) in [4.78, 5) is 0. The van der Waals surface area contributed by atoms with Crippen molar-refractivity contribution in [3.05, 3.63) is 29.3 Å². The molecule has 2 N–H and O–H groups in total. The lowest BCUT2D eigenvalue weighted by Crippen LogP contribution is -1.99. The zero-order chi connectivity index (χ0) is 10.6. The molecule has 0 fully saturated rings. The maximum atomic E-state index is 9.49. The second-order valence-electron chi connectivity index (χ2n) is 3.23. The molecule has 0 radical (unpaired) electrons. The molecule has 3 heteroatoms. The Hall–Kier alpha value is -1.06. The normalized spacial score (nSPS) is 12.6. The molecule has 0 amide bonds. The summed E-state index contributed by atoms with van der Waals surface area (Å²) >= 11 is 0. The molecule has 0 spiro atoms. The zero-order valence-electron chi connectivity index (χ0n) is 8.53. The van der Waals surface area contributed by atoms with Gasteiger partial charge in [-0.05, 0) is 31.0 Å². The summed E-state index contributed by atoms with van der Waals surface area (Å²) in [6.45, 7) is 1.81. The predicted molar refractivity (Wildman–Crippen MR) is 54.4 cm³/mol. The minimum absolute atomic E-state index is 0.117.